The van der Waals surface area contributed by atoms with Crippen molar-refractivity contribution in [2.45, 2.75) is 51.3 Å². The van der Waals surface area contributed by atoms with Crippen LogP contribution in [0.15, 0.2) is 60.7 Å². The van der Waals surface area contributed by atoms with Gasteiger partial charge in [-0.2, -0.15) is 0 Å². The molecule has 0 bridgehead atoms. The van der Waals surface area contributed by atoms with Crippen molar-refractivity contribution in [2.24, 2.45) is 0 Å². The summed E-state index contributed by atoms with van der Waals surface area (Å²) in [5.41, 5.74) is 3.27. The van der Waals surface area contributed by atoms with E-state index in [2.05, 4.69) is 41.8 Å². The highest BCUT2D eigenvalue weighted by Crippen LogP contribution is 2.28. The summed E-state index contributed by atoms with van der Waals surface area (Å²) in [6.07, 6.45) is 2.83. The summed E-state index contributed by atoms with van der Waals surface area (Å²) < 4.78 is 2.37. The third kappa shape index (κ3) is 3.57. The van der Waals surface area contributed by atoms with E-state index in [1.807, 2.05) is 35.2 Å². The maximum atomic E-state index is 12.9. The Kier molecular flexibility index (Phi) is 5.49. The van der Waals surface area contributed by atoms with Gasteiger partial charge in [-0.05, 0) is 55.7 Å². The molecular weight excluding hydrogens is 348 g/mol. The number of aliphatic hydroxyl groups excluding tert-OH is 1. The SMILES string of the molecule is CCn1c(CC[C@@H]2CCCN2C(=O)C(O)c2ccccc2)cc2ccccc21. The number of nitrogens with zero attached hydrogens (tertiary/aromatic N) is 2. The average molecular weight is 377 g/mol. The lowest BCUT2D eigenvalue weighted by Crippen LogP contribution is -2.39. The van der Waals surface area contributed by atoms with Crippen LogP contribution in [0.5, 0.6) is 0 Å². The molecule has 1 saturated heterocycles. The summed E-state index contributed by atoms with van der Waals surface area (Å²) in [5.74, 6) is -0.162. The molecule has 0 aliphatic carbocycles. The van der Waals surface area contributed by atoms with Gasteiger partial charge in [-0.25, -0.2) is 0 Å². The number of likely N-dealkylation sites (tertiary alicyclic amines) is 1. The summed E-state index contributed by atoms with van der Waals surface area (Å²) in [7, 11) is 0. The highest BCUT2D eigenvalue weighted by atomic mass is 16.3. The lowest BCUT2D eigenvalue weighted by atomic mass is 10.0. The zero-order valence-corrected chi connectivity index (χ0v) is 16.4. The van der Waals surface area contributed by atoms with Gasteiger partial charge in [0.2, 0.25) is 0 Å². The molecule has 2 atom stereocenters. The number of carbonyl (C=O) groups is 1. The van der Waals surface area contributed by atoms with Crippen LogP contribution in [0.2, 0.25) is 0 Å². The molecule has 1 aliphatic heterocycles. The number of carbonyl (C=O) groups excluding carboxylic acids is 1. The fraction of sp³-hybridized carbons (Fsp3) is 0.375. The van der Waals surface area contributed by atoms with Crippen molar-refractivity contribution >= 4 is 16.8 Å². The van der Waals surface area contributed by atoms with E-state index in [1.165, 1.54) is 16.6 Å². The second-order valence-electron chi connectivity index (χ2n) is 7.62. The monoisotopic (exact) mass is 376 g/mol. The van der Waals surface area contributed by atoms with Gasteiger partial charge in [0.1, 0.15) is 0 Å². The second-order valence-corrected chi connectivity index (χ2v) is 7.62. The maximum Gasteiger partial charge on any atom is 0.256 e. The molecule has 4 rings (SSSR count). The van der Waals surface area contributed by atoms with E-state index in [0.29, 0.717) is 5.56 Å². The normalized spacial score (nSPS) is 17.9. The lowest BCUT2D eigenvalue weighted by molar-refractivity contribution is -0.141. The molecule has 1 amide bonds. The molecule has 4 nitrogen and oxygen atoms in total. The third-order valence-electron chi connectivity index (χ3n) is 5.96. The summed E-state index contributed by atoms with van der Waals surface area (Å²) in [5, 5.41) is 11.8. The Labute approximate surface area is 166 Å². The zero-order valence-electron chi connectivity index (χ0n) is 16.4. The number of amides is 1. The van der Waals surface area contributed by atoms with Crippen molar-refractivity contribution in [1.29, 1.82) is 0 Å². The zero-order chi connectivity index (χ0) is 19.5. The minimum Gasteiger partial charge on any atom is -0.378 e. The molecule has 0 saturated carbocycles. The van der Waals surface area contributed by atoms with Gasteiger partial charge >= 0.3 is 0 Å². The quantitative estimate of drug-likeness (QED) is 0.696. The Morgan fingerprint density at radius 2 is 1.89 bits per heavy atom. The molecule has 1 fully saturated rings. The van der Waals surface area contributed by atoms with E-state index < -0.39 is 6.10 Å². The first-order chi connectivity index (χ1) is 13.7. The van der Waals surface area contributed by atoms with Crippen LogP contribution in [-0.2, 0) is 17.8 Å². The number of aryl methyl sites for hydroxylation is 2. The molecule has 28 heavy (non-hydrogen) atoms. The van der Waals surface area contributed by atoms with E-state index in [-0.39, 0.29) is 11.9 Å². The maximum absolute atomic E-state index is 12.9. The van der Waals surface area contributed by atoms with Crippen molar-refractivity contribution < 1.29 is 9.90 Å². The van der Waals surface area contributed by atoms with Crippen LogP contribution in [0.3, 0.4) is 0 Å². The first kappa shape index (κ1) is 18.8. The molecule has 1 N–H and O–H groups in total. The lowest BCUT2D eigenvalue weighted by Gasteiger charge is -2.27. The number of benzene rings is 2. The van der Waals surface area contributed by atoms with Gasteiger partial charge in [-0.3, -0.25) is 4.79 Å². The van der Waals surface area contributed by atoms with Crippen LogP contribution in [0.1, 0.15) is 43.5 Å². The molecule has 146 valence electrons. The molecule has 2 aromatic carbocycles. The Morgan fingerprint density at radius 1 is 1.14 bits per heavy atom. The number of hydrogen-bond donors (Lipinski definition) is 1. The number of para-hydroxylation sites is 1. The molecule has 1 aromatic heterocycles. The average Bonchev–Trinajstić information content (AvgIpc) is 3.35. The van der Waals surface area contributed by atoms with Crippen LogP contribution in [0.4, 0.5) is 0 Å². The first-order valence-corrected chi connectivity index (χ1v) is 10.3. The van der Waals surface area contributed by atoms with Crippen molar-refractivity contribution in [3.8, 4) is 0 Å². The van der Waals surface area contributed by atoms with Gasteiger partial charge in [0, 0.05) is 30.3 Å². The van der Waals surface area contributed by atoms with Crippen molar-refractivity contribution in [3.05, 3.63) is 71.9 Å². The molecule has 1 unspecified atom stereocenters. The molecule has 4 heteroatoms. The van der Waals surface area contributed by atoms with Gasteiger partial charge < -0.3 is 14.6 Å². The van der Waals surface area contributed by atoms with Gasteiger partial charge in [0.05, 0.1) is 0 Å². The number of hydrogen-bond acceptors (Lipinski definition) is 2. The number of fused-ring (bicyclic) bond motifs is 1. The van der Waals surface area contributed by atoms with Crippen molar-refractivity contribution in [1.82, 2.24) is 9.47 Å². The smallest absolute Gasteiger partial charge is 0.256 e. The molecule has 3 aromatic rings. The molecule has 2 heterocycles. The van der Waals surface area contributed by atoms with E-state index in [0.717, 1.165) is 38.8 Å². The Bertz CT molecular complexity index is 948. The van der Waals surface area contributed by atoms with Crippen molar-refractivity contribution in [2.75, 3.05) is 6.54 Å². The topological polar surface area (TPSA) is 45.5 Å². The summed E-state index contributed by atoms with van der Waals surface area (Å²) in [4.78, 5) is 14.8. The van der Waals surface area contributed by atoms with Gasteiger partial charge in [-0.15, -0.1) is 0 Å². The molecule has 1 aliphatic rings. The van der Waals surface area contributed by atoms with Gasteiger partial charge in [0.15, 0.2) is 6.10 Å². The highest BCUT2D eigenvalue weighted by Gasteiger charge is 2.32. The Hall–Kier alpha value is -2.59. The Morgan fingerprint density at radius 3 is 2.68 bits per heavy atom. The number of aliphatic hydroxyl groups is 1. The first-order valence-electron chi connectivity index (χ1n) is 10.3. The van der Waals surface area contributed by atoms with Crippen LogP contribution < -0.4 is 0 Å². The van der Waals surface area contributed by atoms with E-state index in [4.69, 9.17) is 0 Å². The Balaban J connectivity index is 1.47. The van der Waals surface area contributed by atoms with Crippen LogP contribution >= 0.6 is 0 Å². The van der Waals surface area contributed by atoms with Crippen LogP contribution in [0.25, 0.3) is 10.9 Å². The van der Waals surface area contributed by atoms with E-state index in [1.54, 1.807) is 0 Å². The largest absolute Gasteiger partial charge is 0.378 e. The third-order valence-corrected chi connectivity index (χ3v) is 5.96. The summed E-state index contributed by atoms with van der Waals surface area (Å²) in [6, 6.07) is 20.2. The molecule has 0 spiro atoms. The number of rotatable bonds is 6. The fourth-order valence-electron chi connectivity index (χ4n) is 4.52. The minimum atomic E-state index is -1.07. The molecular formula is C24H28N2O2. The van der Waals surface area contributed by atoms with Crippen LogP contribution in [-0.4, -0.2) is 33.1 Å². The van der Waals surface area contributed by atoms with E-state index in [9.17, 15) is 9.90 Å². The van der Waals surface area contributed by atoms with E-state index >= 15 is 0 Å². The van der Waals surface area contributed by atoms with Gasteiger partial charge in [0.25, 0.3) is 5.91 Å². The second kappa shape index (κ2) is 8.19. The summed E-state index contributed by atoms with van der Waals surface area (Å²) in [6.45, 7) is 3.87. The summed E-state index contributed by atoms with van der Waals surface area (Å²) >= 11 is 0. The highest BCUT2D eigenvalue weighted by molar-refractivity contribution is 5.83. The fourth-order valence-corrected chi connectivity index (χ4v) is 4.52. The van der Waals surface area contributed by atoms with Crippen molar-refractivity contribution in [3.63, 3.8) is 0 Å². The van der Waals surface area contributed by atoms with Crippen LogP contribution in [0, 0.1) is 0 Å². The predicted octanol–water partition coefficient (Wildman–Crippen LogP) is 4.32. The molecule has 0 radical (unpaired) electrons. The predicted molar refractivity (Wildman–Crippen MR) is 112 cm³/mol. The standard InChI is InChI=1S/C24H28N2O2/c1-2-25-21(17-19-11-6-7-13-22(19)25)15-14-20-12-8-16-26(20)24(28)23(27)18-9-4-3-5-10-18/h3-7,9-11,13,17,20,23,27H,2,8,12,14-16H2,1H3/t20-,23?/m0/s1. The number of aromatic nitrogens is 1. The minimum absolute atomic E-state index is 0.162. The van der Waals surface area contributed by atoms with Gasteiger partial charge in [-0.1, -0.05) is 48.5 Å².